The lowest BCUT2D eigenvalue weighted by Gasteiger charge is -2.08. The highest BCUT2D eigenvalue weighted by atomic mass is 32.1. The van der Waals surface area contributed by atoms with Crippen LogP contribution in [0.2, 0.25) is 0 Å². The van der Waals surface area contributed by atoms with Crippen molar-refractivity contribution in [3.8, 4) is 6.07 Å². The number of fused-ring (bicyclic) bond motifs is 2. The van der Waals surface area contributed by atoms with E-state index in [1.807, 2.05) is 41.1 Å². The number of carbonyl (C=O) groups excluding carboxylic acids is 1. The molecule has 1 aliphatic rings. The summed E-state index contributed by atoms with van der Waals surface area (Å²) in [6.07, 6.45) is 8.25. The van der Waals surface area contributed by atoms with Crippen molar-refractivity contribution in [3.05, 3.63) is 63.1 Å². The van der Waals surface area contributed by atoms with E-state index in [2.05, 4.69) is 6.07 Å². The van der Waals surface area contributed by atoms with Gasteiger partial charge in [-0.3, -0.25) is 0 Å². The van der Waals surface area contributed by atoms with Crippen LogP contribution in [0.15, 0.2) is 36.7 Å². The molecular weight excluding hydrogens is 320 g/mol. The molecular formula is C19H16N2O2S. The molecule has 0 saturated carbocycles. The summed E-state index contributed by atoms with van der Waals surface area (Å²) in [5, 5.41) is 9.40. The fourth-order valence-electron chi connectivity index (χ4n) is 3.22. The number of nitriles is 1. The van der Waals surface area contributed by atoms with Gasteiger partial charge < -0.3 is 9.14 Å². The highest BCUT2D eigenvalue weighted by Gasteiger charge is 2.19. The summed E-state index contributed by atoms with van der Waals surface area (Å²) in [5.74, 6) is -0.298. The number of aryl methyl sites for hydroxylation is 2. The van der Waals surface area contributed by atoms with Gasteiger partial charge in [-0.1, -0.05) is 6.07 Å². The zero-order valence-electron chi connectivity index (χ0n) is 13.1. The molecule has 24 heavy (non-hydrogen) atoms. The highest BCUT2D eigenvalue weighted by Crippen LogP contribution is 2.30. The van der Waals surface area contributed by atoms with Crippen molar-refractivity contribution in [2.24, 2.45) is 0 Å². The zero-order valence-corrected chi connectivity index (χ0v) is 13.9. The number of pyridine rings is 1. The van der Waals surface area contributed by atoms with Crippen molar-refractivity contribution in [2.75, 3.05) is 0 Å². The Balaban J connectivity index is 1.53. The van der Waals surface area contributed by atoms with Gasteiger partial charge in [0.05, 0.1) is 11.1 Å². The molecule has 0 saturated heterocycles. The Bertz CT molecular complexity index is 938. The van der Waals surface area contributed by atoms with Crippen LogP contribution in [0.3, 0.4) is 0 Å². The molecule has 0 N–H and O–H groups in total. The van der Waals surface area contributed by atoms with Gasteiger partial charge in [-0.05, 0) is 49.4 Å². The molecule has 0 bridgehead atoms. The second-order valence-corrected chi connectivity index (χ2v) is 7.11. The molecule has 0 fully saturated rings. The SMILES string of the molecule is N#Cc1c(COC(=O)c2cc3c(s2)CCCC3)cn2ccccc12. The van der Waals surface area contributed by atoms with Gasteiger partial charge in [-0.25, -0.2) is 4.79 Å². The third kappa shape index (κ3) is 2.59. The van der Waals surface area contributed by atoms with E-state index in [1.165, 1.54) is 23.3 Å². The van der Waals surface area contributed by atoms with Crippen LogP contribution in [-0.4, -0.2) is 10.4 Å². The van der Waals surface area contributed by atoms with Crippen LogP contribution in [0.1, 0.15) is 44.1 Å². The molecule has 0 atom stereocenters. The molecule has 1 aliphatic carbocycles. The monoisotopic (exact) mass is 336 g/mol. The molecule has 3 heterocycles. The lowest BCUT2D eigenvalue weighted by atomic mass is 9.99. The van der Waals surface area contributed by atoms with Gasteiger partial charge in [-0.2, -0.15) is 5.26 Å². The van der Waals surface area contributed by atoms with Gasteiger partial charge in [0.15, 0.2) is 0 Å². The van der Waals surface area contributed by atoms with Crippen LogP contribution in [0, 0.1) is 11.3 Å². The molecule has 120 valence electrons. The van der Waals surface area contributed by atoms with Crippen molar-refractivity contribution in [1.82, 2.24) is 4.40 Å². The number of hydrogen-bond acceptors (Lipinski definition) is 4. The predicted octanol–water partition coefficient (Wildman–Crippen LogP) is 4.11. The van der Waals surface area contributed by atoms with Gasteiger partial charge in [0, 0.05) is 22.8 Å². The quantitative estimate of drug-likeness (QED) is 0.676. The Morgan fingerprint density at radius 2 is 2.21 bits per heavy atom. The van der Waals surface area contributed by atoms with E-state index in [0.717, 1.165) is 23.9 Å². The molecule has 3 aromatic rings. The molecule has 4 rings (SSSR count). The number of hydrogen-bond donors (Lipinski definition) is 0. The summed E-state index contributed by atoms with van der Waals surface area (Å²) in [7, 11) is 0. The summed E-state index contributed by atoms with van der Waals surface area (Å²) in [5.41, 5.74) is 3.43. The number of thiophene rings is 1. The lowest BCUT2D eigenvalue weighted by molar-refractivity contribution is 0.0478. The first-order valence-electron chi connectivity index (χ1n) is 8.03. The van der Waals surface area contributed by atoms with E-state index >= 15 is 0 Å². The number of carbonyl (C=O) groups is 1. The maximum Gasteiger partial charge on any atom is 0.348 e. The van der Waals surface area contributed by atoms with Gasteiger partial charge in [0.1, 0.15) is 17.6 Å². The Morgan fingerprint density at radius 3 is 3.04 bits per heavy atom. The summed E-state index contributed by atoms with van der Waals surface area (Å²) in [6.45, 7) is 0.117. The van der Waals surface area contributed by atoms with Crippen molar-refractivity contribution in [2.45, 2.75) is 32.3 Å². The summed E-state index contributed by atoms with van der Waals surface area (Å²) >= 11 is 1.55. The molecule has 0 radical (unpaired) electrons. The third-order valence-electron chi connectivity index (χ3n) is 4.43. The van der Waals surface area contributed by atoms with Crippen LogP contribution in [0.4, 0.5) is 0 Å². The molecule has 0 aliphatic heterocycles. The van der Waals surface area contributed by atoms with Crippen molar-refractivity contribution < 1.29 is 9.53 Å². The first kappa shape index (κ1) is 15.0. The number of aromatic nitrogens is 1. The van der Waals surface area contributed by atoms with E-state index in [9.17, 15) is 10.1 Å². The minimum absolute atomic E-state index is 0.117. The van der Waals surface area contributed by atoms with E-state index in [-0.39, 0.29) is 12.6 Å². The zero-order chi connectivity index (χ0) is 16.5. The molecule has 0 amide bonds. The fraction of sp³-hybridized carbons (Fsp3) is 0.263. The minimum Gasteiger partial charge on any atom is -0.457 e. The topological polar surface area (TPSA) is 54.5 Å². The Hall–Kier alpha value is -2.58. The molecule has 0 spiro atoms. The first-order chi connectivity index (χ1) is 11.8. The smallest absolute Gasteiger partial charge is 0.348 e. The van der Waals surface area contributed by atoms with Crippen molar-refractivity contribution >= 4 is 22.8 Å². The molecule has 4 nitrogen and oxygen atoms in total. The maximum absolute atomic E-state index is 12.3. The summed E-state index contributed by atoms with van der Waals surface area (Å²) in [6, 6.07) is 9.87. The highest BCUT2D eigenvalue weighted by molar-refractivity contribution is 7.14. The summed E-state index contributed by atoms with van der Waals surface area (Å²) in [4.78, 5) is 14.3. The lowest BCUT2D eigenvalue weighted by Crippen LogP contribution is -2.03. The van der Waals surface area contributed by atoms with Crippen LogP contribution >= 0.6 is 11.3 Å². The molecule has 0 unspecified atom stereocenters. The van der Waals surface area contributed by atoms with E-state index in [1.54, 1.807) is 11.3 Å². The first-order valence-corrected chi connectivity index (χ1v) is 8.85. The van der Waals surface area contributed by atoms with Gasteiger partial charge in [0.2, 0.25) is 0 Å². The predicted molar refractivity (Wildman–Crippen MR) is 92.2 cm³/mol. The molecule has 0 aromatic carbocycles. The second kappa shape index (κ2) is 6.14. The third-order valence-corrected chi connectivity index (χ3v) is 5.65. The van der Waals surface area contributed by atoms with Gasteiger partial charge in [-0.15, -0.1) is 11.3 Å². The van der Waals surface area contributed by atoms with E-state index < -0.39 is 0 Å². The average molecular weight is 336 g/mol. The minimum atomic E-state index is -0.298. The largest absolute Gasteiger partial charge is 0.457 e. The fourth-order valence-corrected chi connectivity index (χ4v) is 4.37. The number of rotatable bonds is 3. The number of ether oxygens (including phenoxy) is 1. The molecule has 3 aromatic heterocycles. The van der Waals surface area contributed by atoms with Crippen molar-refractivity contribution in [3.63, 3.8) is 0 Å². The van der Waals surface area contributed by atoms with Gasteiger partial charge in [0.25, 0.3) is 0 Å². The van der Waals surface area contributed by atoms with E-state index in [4.69, 9.17) is 4.74 Å². The number of esters is 1. The Morgan fingerprint density at radius 1 is 1.33 bits per heavy atom. The normalized spacial score (nSPS) is 13.5. The van der Waals surface area contributed by atoms with Gasteiger partial charge >= 0.3 is 5.97 Å². The average Bonchev–Trinajstić information content (AvgIpc) is 3.20. The standard InChI is InChI=1S/C19H16N2O2S/c20-10-15-14(11-21-8-4-3-6-16(15)21)12-23-19(22)18-9-13-5-1-2-7-17(13)24-18/h3-4,6,8-9,11H,1-2,5,7,12H2. The van der Waals surface area contributed by atoms with Crippen LogP contribution < -0.4 is 0 Å². The Labute approximate surface area is 143 Å². The van der Waals surface area contributed by atoms with Crippen LogP contribution in [0.5, 0.6) is 0 Å². The molecule has 5 heteroatoms. The summed E-state index contributed by atoms with van der Waals surface area (Å²) < 4.78 is 7.35. The van der Waals surface area contributed by atoms with E-state index in [0.29, 0.717) is 10.4 Å². The van der Waals surface area contributed by atoms with Crippen molar-refractivity contribution in [1.29, 1.82) is 5.26 Å². The Kier molecular flexibility index (Phi) is 3.83. The van der Waals surface area contributed by atoms with Crippen LogP contribution in [0.25, 0.3) is 5.52 Å². The second-order valence-electron chi connectivity index (χ2n) is 5.98. The maximum atomic E-state index is 12.3. The van der Waals surface area contributed by atoms with Crippen LogP contribution in [-0.2, 0) is 24.2 Å². The number of nitrogens with zero attached hydrogens (tertiary/aromatic N) is 2.